The van der Waals surface area contributed by atoms with Gasteiger partial charge in [0.1, 0.15) is 22.8 Å². The highest BCUT2D eigenvalue weighted by molar-refractivity contribution is 14.1. The molecule has 1 aromatic carbocycles. The van der Waals surface area contributed by atoms with E-state index in [1.54, 1.807) is 19.1 Å². The molecule has 0 radical (unpaired) electrons. The number of aromatic hydroxyl groups is 1. The van der Waals surface area contributed by atoms with Crippen LogP contribution in [0.25, 0.3) is 5.76 Å². The van der Waals surface area contributed by atoms with Crippen molar-refractivity contribution in [3.63, 3.8) is 0 Å². The lowest BCUT2D eigenvalue weighted by molar-refractivity contribution is -0.160. The Hall–Kier alpha value is -2.44. The molecule has 1 saturated carbocycles. The Morgan fingerprint density at radius 2 is 1.87 bits per heavy atom. The van der Waals surface area contributed by atoms with Crippen LogP contribution in [0.1, 0.15) is 30.4 Å². The van der Waals surface area contributed by atoms with Crippen molar-refractivity contribution < 1.29 is 39.9 Å². The number of nitrogens with two attached hydrogens (primary N) is 1. The number of aliphatic hydroxyl groups excluding tert-OH is 3. The third kappa shape index (κ3) is 2.38. The molecule has 5 atom stereocenters. The third-order valence-electron chi connectivity index (χ3n) is 6.45. The van der Waals surface area contributed by atoms with Gasteiger partial charge in [-0.25, -0.2) is 0 Å². The molecular weight excluding hydrogens is 509 g/mol. The van der Waals surface area contributed by atoms with Gasteiger partial charge in [0, 0.05) is 23.8 Å². The molecule has 3 aliphatic carbocycles. The van der Waals surface area contributed by atoms with Crippen LogP contribution in [0, 0.1) is 15.4 Å². The van der Waals surface area contributed by atoms with Gasteiger partial charge in [0.2, 0.25) is 5.78 Å². The summed E-state index contributed by atoms with van der Waals surface area (Å²) in [5, 5.41) is 54.1. The molecule has 1 aromatic rings. The number of Topliss-reactive ketones (excluding diaryl/α,β-unsaturated/α-hetero) is 2. The van der Waals surface area contributed by atoms with Crippen molar-refractivity contribution >= 4 is 45.8 Å². The van der Waals surface area contributed by atoms with E-state index in [1.165, 1.54) is 0 Å². The fourth-order valence-electron chi connectivity index (χ4n) is 4.97. The first-order valence-corrected chi connectivity index (χ1v) is 10.2. The van der Waals surface area contributed by atoms with Gasteiger partial charge < -0.3 is 31.3 Å². The summed E-state index contributed by atoms with van der Waals surface area (Å²) in [6, 6.07) is 3.27. The number of amides is 1. The van der Waals surface area contributed by atoms with Crippen molar-refractivity contribution in [1.29, 1.82) is 0 Å². The summed E-state index contributed by atoms with van der Waals surface area (Å²) in [6.45, 7) is 1.68. The molecule has 9 nitrogen and oxygen atoms in total. The van der Waals surface area contributed by atoms with Gasteiger partial charge in [0.15, 0.2) is 11.4 Å². The van der Waals surface area contributed by atoms with Gasteiger partial charge in [-0.15, -0.1) is 0 Å². The number of halogens is 1. The van der Waals surface area contributed by atoms with Crippen LogP contribution in [0.3, 0.4) is 0 Å². The summed E-state index contributed by atoms with van der Waals surface area (Å²) in [5.41, 5.74) is 1.50. The predicted octanol–water partition coefficient (Wildman–Crippen LogP) is 0.560. The first-order valence-electron chi connectivity index (χ1n) is 9.11. The van der Waals surface area contributed by atoms with E-state index in [-0.39, 0.29) is 16.9 Å². The Morgan fingerprint density at radius 3 is 2.47 bits per heavy atom. The van der Waals surface area contributed by atoms with Gasteiger partial charge >= 0.3 is 0 Å². The van der Waals surface area contributed by atoms with Gasteiger partial charge in [0.05, 0.1) is 15.2 Å². The quantitative estimate of drug-likeness (QED) is 0.227. The lowest BCUT2D eigenvalue weighted by atomic mass is 9.55. The number of phenolic OH excluding ortho intramolecular Hbond substituents is 1. The molecule has 5 unspecified atom stereocenters. The van der Waals surface area contributed by atoms with E-state index in [9.17, 15) is 39.9 Å². The Labute approximate surface area is 183 Å². The topological polar surface area (TPSA) is 178 Å². The maximum absolute atomic E-state index is 13.4. The van der Waals surface area contributed by atoms with Gasteiger partial charge in [0.25, 0.3) is 5.91 Å². The first-order chi connectivity index (χ1) is 13.9. The number of carbonyl (C=O) groups excluding carboxylic acids is 3. The van der Waals surface area contributed by atoms with E-state index >= 15 is 0 Å². The lowest BCUT2D eigenvalue weighted by Gasteiger charge is -2.50. The number of rotatable bonds is 1. The zero-order chi connectivity index (χ0) is 22.3. The van der Waals surface area contributed by atoms with Crippen LogP contribution in [0.4, 0.5) is 0 Å². The van der Waals surface area contributed by atoms with E-state index in [0.717, 1.165) is 0 Å². The molecule has 3 aliphatic rings. The second-order valence-electron chi connectivity index (χ2n) is 7.84. The highest BCUT2D eigenvalue weighted by Gasteiger charge is 2.64. The first kappa shape index (κ1) is 20.8. The van der Waals surface area contributed by atoms with Crippen LogP contribution in [-0.2, 0) is 14.4 Å². The van der Waals surface area contributed by atoms with Crippen LogP contribution in [0.5, 0.6) is 5.75 Å². The van der Waals surface area contributed by atoms with Crippen molar-refractivity contribution in [2.75, 3.05) is 0 Å². The number of benzene rings is 1. The molecule has 0 saturated heterocycles. The number of aliphatic hydroxyl groups is 4. The molecule has 7 N–H and O–H groups in total. The standard InChI is InChI=1S/C20H18INO8/c1-5-6-2-3-8(21)15(25)11(6)16(26)13-10(5)14(24)7-4-9(23)12(19(22)29)17(27)20(7,30)18(13)28/h2-3,5,7,10,14,24-27,30H,4H2,1H3,(H2,22,29). The van der Waals surface area contributed by atoms with Gasteiger partial charge in [-0.05, 0) is 40.1 Å². The summed E-state index contributed by atoms with van der Waals surface area (Å²) in [7, 11) is 0. The second-order valence-corrected chi connectivity index (χ2v) is 9.01. The van der Waals surface area contributed by atoms with Crippen molar-refractivity contribution in [1.82, 2.24) is 0 Å². The molecule has 1 amide bonds. The van der Waals surface area contributed by atoms with Crippen LogP contribution in [0.2, 0.25) is 0 Å². The van der Waals surface area contributed by atoms with Crippen molar-refractivity contribution in [2.45, 2.75) is 31.0 Å². The average molecular weight is 527 g/mol. The van der Waals surface area contributed by atoms with E-state index in [2.05, 4.69) is 0 Å². The number of carbonyl (C=O) groups is 3. The van der Waals surface area contributed by atoms with E-state index in [1.807, 2.05) is 22.6 Å². The van der Waals surface area contributed by atoms with Gasteiger partial charge in [-0.3, -0.25) is 14.4 Å². The molecule has 0 bridgehead atoms. The van der Waals surface area contributed by atoms with Crippen LogP contribution in [-0.4, -0.2) is 54.7 Å². The molecule has 10 heteroatoms. The number of phenols is 1. The minimum Gasteiger partial charge on any atom is -0.508 e. The molecule has 1 fully saturated rings. The van der Waals surface area contributed by atoms with Gasteiger partial charge in [-0.1, -0.05) is 13.0 Å². The zero-order valence-electron chi connectivity index (χ0n) is 15.6. The summed E-state index contributed by atoms with van der Waals surface area (Å²) in [4.78, 5) is 37.4. The summed E-state index contributed by atoms with van der Waals surface area (Å²) in [5.74, 6) is -8.52. The predicted molar refractivity (Wildman–Crippen MR) is 110 cm³/mol. The Bertz CT molecular complexity index is 1110. The molecule has 4 rings (SSSR count). The molecule has 30 heavy (non-hydrogen) atoms. The van der Waals surface area contributed by atoms with Crippen LogP contribution >= 0.6 is 22.6 Å². The summed E-state index contributed by atoms with van der Waals surface area (Å²) < 4.78 is 0.409. The largest absolute Gasteiger partial charge is 0.508 e. The fraction of sp³-hybridized carbons (Fsp3) is 0.350. The summed E-state index contributed by atoms with van der Waals surface area (Å²) >= 11 is 1.85. The van der Waals surface area contributed by atoms with Gasteiger partial charge in [-0.2, -0.15) is 0 Å². The highest BCUT2D eigenvalue weighted by Crippen LogP contribution is 2.55. The number of primary amides is 1. The molecular formula is C20H18INO8. The Morgan fingerprint density at radius 1 is 1.23 bits per heavy atom. The zero-order valence-corrected chi connectivity index (χ0v) is 17.7. The molecule has 0 aromatic heterocycles. The normalized spacial score (nSPS) is 33.2. The second kappa shape index (κ2) is 6.53. The maximum atomic E-state index is 13.4. The smallest absolute Gasteiger partial charge is 0.255 e. The number of ketones is 2. The summed E-state index contributed by atoms with van der Waals surface area (Å²) in [6.07, 6.45) is -2.11. The Balaban J connectivity index is 2.03. The number of hydrogen-bond acceptors (Lipinski definition) is 8. The highest BCUT2D eigenvalue weighted by atomic mass is 127. The SMILES string of the molecule is CC1c2ccc(I)c(O)c2C(O)=C2C(=O)C3(O)C(O)=C(C(N)=O)C(=O)CC3C(O)C21. The lowest BCUT2D eigenvalue weighted by Crippen LogP contribution is -2.63. The van der Waals surface area contributed by atoms with Crippen molar-refractivity contribution in [3.8, 4) is 5.75 Å². The van der Waals surface area contributed by atoms with E-state index < -0.39 is 70.4 Å². The molecule has 0 spiro atoms. The maximum Gasteiger partial charge on any atom is 0.255 e. The third-order valence-corrected chi connectivity index (χ3v) is 7.32. The number of fused-ring (bicyclic) bond motifs is 3. The minimum absolute atomic E-state index is 0.00581. The van der Waals surface area contributed by atoms with Crippen LogP contribution in [0.15, 0.2) is 29.0 Å². The fourth-order valence-corrected chi connectivity index (χ4v) is 5.42. The average Bonchev–Trinajstić information content (AvgIpc) is 2.67. The minimum atomic E-state index is -2.81. The monoisotopic (exact) mass is 527 g/mol. The van der Waals surface area contributed by atoms with Crippen LogP contribution < -0.4 is 5.73 Å². The van der Waals surface area contributed by atoms with E-state index in [4.69, 9.17) is 5.73 Å². The Kier molecular flexibility index (Phi) is 4.53. The van der Waals surface area contributed by atoms with E-state index in [0.29, 0.717) is 9.13 Å². The van der Waals surface area contributed by atoms with Crippen molar-refractivity contribution in [3.05, 3.63) is 43.7 Å². The molecule has 0 heterocycles. The number of hydrogen-bond donors (Lipinski definition) is 6. The van der Waals surface area contributed by atoms with Crippen molar-refractivity contribution in [2.24, 2.45) is 17.6 Å². The molecule has 158 valence electrons. The molecule has 0 aliphatic heterocycles.